The Hall–Kier alpha value is -2.95. The number of methoxy groups -OCH3 is 1. The second-order valence-electron chi connectivity index (χ2n) is 4.79. The van der Waals surface area contributed by atoms with Crippen LogP contribution >= 0.6 is 0 Å². The summed E-state index contributed by atoms with van der Waals surface area (Å²) in [5.41, 5.74) is 8.15. The Balaban J connectivity index is 2.23. The van der Waals surface area contributed by atoms with Crippen LogP contribution in [-0.2, 0) is 4.79 Å². The monoisotopic (exact) mass is 297 g/mol. The SMILES string of the molecule is COc1ccc(-c2c(N)oc3cccc(OC(C)=O)c23)cc1. The van der Waals surface area contributed by atoms with E-state index in [-0.39, 0.29) is 5.88 Å². The van der Waals surface area contributed by atoms with Crippen molar-refractivity contribution in [2.24, 2.45) is 0 Å². The van der Waals surface area contributed by atoms with Crippen LogP contribution in [0, 0.1) is 0 Å². The molecule has 1 aromatic heterocycles. The van der Waals surface area contributed by atoms with Crippen LogP contribution in [0.3, 0.4) is 0 Å². The summed E-state index contributed by atoms with van der Waals surface area (Å²) in [6.45, 7) is 1.36. The summed E-state index contributed by atoms with van der Waals surface area (Å²) in [5.74, 6) is 1.05. The van der Waals surface area contributed by atoms with Gasteiger partial charge in [0.2, 0.25) is 0 Å². The molecule has 0 fully saturated rings. The molecular weight excluding hydrogens is 282 g/mol. The van der Waals surface area contributed by atoms with Gasteiger partial charge in [-0.3, -0.25) is 4.79 Å². The largest absolute Gasteiger partial charge is 0.497 e. The van der Waals surface area contributed by atoms with Gasteiger partial charge in [0.25, 0.3) is 0 Å². The first kappa shape index (κ1) is 14.0. The van der Waals surface area contributed by atoms with E-state index in [1.807, 2.05) is 24.3 Å². The highest BCUT2D eigenvalue weighted by atomic mass is 16.5. The minimum Gasteiger partial charge on any atom is -0.497 e. The molecule has 0 spiro atoms. The molecule has 0 saturated carbocycles. The molecule has 2 aromatic carbocycles. The van der Waals surface area contributed by atoms with Crippen LogP contribution in [0.4, 0.5) is 5.88 Å². The minimum atomic E-state index is -0.395. The Bertz CT molecular complexity index is 834. The molecule has 0 amide bonds. The maximum atomic E-state index is 11.3. The minimum absolute atomic E-state index is 0.278. The molecule has 0 aliphatic rings. The van der Waals surface area contributed by atoms with Crippen molar-refractivity contribution in [2.45, 2.75) is 6.92 Å². The predicted octanol–water partition coefficient (Wildman–Crippen LogP) is 3.62. The first-order valence-corrected chi connectivity index (χ1v) is 6.74. The first-order chi connectivity index (χ1) is 10.6. The van der Waals surface area contributed by atoms with Crippen molar-refractivity contribution in [2.75, 3.05) is 12.8 Å². The number of carbonyl (C=O) groups excluding carboxylic acids is 1. The molecule has 2 N–H and O–H groups in total. The topological polar surface area (TPSA) is 74.7 Å². The molecule has 3 aromatic rings. The molecule has 3 rings (SSSR count). The van der Waals surface area contributed by atoms with Gasteiger partial charge in [0.15, 0.2) is 5.88 Å². The fourth-order valence-corrected chi connectivity index (χ4v) is 2.42. The molecule has 5 nitrogen and oxygen atoms in total. The Morgan fingerprint density at radius 1 is 1.14 bits per heavy atom. The molecule has 0 atom stereocenters. The van der Waals surface area contributed by atoms with E-state index in [0.29, 0.717) is 22.3 Å². The average molecular weight is 297 g/mol. The van der Waals surface area contributed by atoms with Crippen LogP contribution in [0.1, 0.15) is 6.92 Å². The van der Waals surface area contributed by atoms with Gasteiger partial charge in [0.05, 0.1) is 18.1 Å². The molecule has 22 heavy (non-hydrogen) atoms. The third-order valence-electron chi connectivity index (χ3n) is 3.34. The number of hydrogen-bond acceptors (Lipinski definition) is 5. The lowest BCUT2D eigenvalue weighted by atomic mass is 10.0. The fourth-order valence-electron chi connectivity index (χ4n) is 2.42. The number of rotatable bonds is 3. The third-order valence-corrected chi connectivity index (χ3v) is 3.34. The van der Waals surface area contributed by atoms with Gasteiger partial charge in [0.1, 0.15) is 17.1 Å². The molecular formula is C17H15NO4. The summed E-state index contributed by atoms with van der Waals surface area (Å²) < 4.78 is 16.0. The van der Waals surface area contributed by atoms with Crippen LogP contribution in [-0.4, -0.2) is 13.1 Å². The van der Waals surface area contributed by atoms with E-state index >= 15 is 0 Å². The van der Waals surface area contributed by atoms with Crippen molar-refractivity contribution < 1.29 is 18.7 Å². The first-order valence-electron chi connectivity index (χ1n) is 6.74. The number of carbonyl (C=O) groups is 1. The predicted molar refractivity (Wildman–Crippen MR) is 83.9 cm³/mol. The van der Waals surface area contributed by atoms with Crippen molar-refractivity contribution in [3.63, 3.8) is 0 Å². The summed E-state index contributed by atoms with van der Waals surface area (Å²) in [6.07, 6.45) is 0. The Kier molecular flexibility index (Phi) is 3.47. The van der Waals surface area contributed by atoms with Gasteiger partial charge in [-0.2, -0.15) is 0 Å². The number of furan rings is 1. The van der Waals surface area contributed by atoms with Crippen LogP contribution in [0.5, 0.6) is 11.5 Å². The van der Waals surface area contributed by atoms with Crippen LogP contribution in [0.2, 0.25) is 0 Å². The quantitative estimate of drug-likeness (QED) is 0.590. The highest BCUT2D eigenvalue weighted by Gasteiger charge is 2.18. The Morgan fingerprint density at radius 3 is 2.50 bits per heavy atom. The maximum Gasteiger partial charge on any atom is 0.308 e. The molecule has 0 aliphatic carbocycles. The number of fused-ring (bicyclic) bond motifs is 1. The van der Waals surface area contributed by atoms with Crippen molar-refractivity contribution in [3.05, 3.63) is 42.5 Å². The summed E-state index contributed by atoms with van der Waals surface area (Å²) in [4.78, 5) is 11.3. The molecule has 0 aliphatic heterocycles. The van der Waals surface area contributed by atoms with Crippen molar-refractivity contribution in [1.82, 2.24) is 0 Å². The average Bonchev–Trinajstić information content (AvgIpc) is 2.84. The van der Waals surface area contributed by atoms with E-state index in [9.17, 15) is 4.79 Å². The number of hydrogen-bond donors (Lipinski definition) is 1. The Labute approximate surface area is 127 Å². The van der Waals surface area contributed by atoms with Gasteiger partial charge in [0, 0.05) is 6.92 Å². The second kappa shape index (κ2) is 5.44. The van der Waals surface area contributed by atoms with Crippen molar-refractivity contribution >= 4 is 22.8 Å². The van der Waals surface area contributed by atoms with Gasteiger partial charge >= 0.3 is 5.97 Å². The van der Waals surface area contributed by atoms with Gasteiger partial charge in [-0.15, -0.1) is 0 Å². The zero-order valence-electron chi connectivity index (χ0n) is 12.3. The van der Waals surface area contributed by atoms with Gasteiger partial charge < -0.3 is 19.6 Å². The van der Waals surface area contributed by atoms with E-state index in [1.165, 1.54) is 6.92 Å². The maximum absolute atomic E-state index is 11.3. The standard InChI is InChI=1S/C17H15NO4/c1-10(19)21-13-4-3-5-14-16(13)15(17(18)22-14)11-6-8-12(20-2)9-7-11/h3-9H,18H2,1-2H3. The van der Waals surface area contributed by atoms with Crippen LogP contribution in [0.25, 0.3) is 22.1 Å². The number of esters is 1. The van der Waals surface area contributed by atoms with E-state index < -0.39 is 5.97 Å². The van der Waals surface area contributed by atoms with Gasteiger partial charge in [-0.25, -0.2) is 0 Å². The van der Waals surface area contributed by atoms with Crippen LogP contribution in [0.15, 0.2) is 46.9 Å². The zero-order chi connectivity index (χ0) is 15.7. The lowest BCUT2D eigenvalue weighted by molar-refractivity contribution is -0.131. The van der Waals surface area contributed by atoms with E-state index in [4.69, 9.17) is 19.6 Å². The van der Waals surface area contributed by atoms with Gasteiger partial charge in [-0.1, -0.05) is 18.2 Å². The highest BCUT2D eigenvalue weighted by Crippen LogP contribution is 2.42. The fraction of sp³-hybridized carbons (Fsp3) is 0.118. The number of benzene rings is 2. The summed E-state index contributed by atoms with van der Waals surface area (Å²) in [6, 6.07) is 12.7. The van der Waals surface area contributed by atoms with Crippen molar-refractivity contribution in [1.29, 1.82) is 0 Å². The molecule has 0 bridgehead atoms. The molecule has 0 radical (unpaired) electrons. The van der Waals surface area contributed by atoms with E-state index in [1.54, 1.807) is 25.3 Å². The van der Waals surface area contributed by atoms with Crippen molar-refractivity contribution in [3.8, 4) is 22.6 Å². The molecule has 5 heteroatoms. The zero-order valence-corrected chi connectivity index (χ0v) is 12.3. The number of anilines is 1. The molecule has 0 saturated heterocycles. The number of nitrogen functional groups attached to an aromatic ring is 1. The van der Waals surface area contributed by atoms with E-state index in [2.05, 4.69) is 0 Å². The van der Waals surface area contributed by atoms with E-state index in [0.717, 1.165) is 11.3 Å². The normalized spacial score (nSPS) is 10.6. The third kappa shape index (κ3) is 2.37. The van der Waals surface area contributed by atoms with Crippen LogP contribution < -0.4 is 15.2 Å². The molecule has 112 valence electrons. The lowest BCUT2D eigenvalue weighted by Gasteiger charge is -2.06. The number of nitrogens with two attached hydrogens (primary N) is 1. The summed E-state index contributed by atoms with van der Waals surface area (Å²) in [5, 5.41) is 0.681. The second-order valence-corrected chi connectivity index (χ2v) is 4.79. The lowest BCUT2D eigenvalue weighted by Crippen LogP contribution is -2.01. The molecule has 0 unspecified atom stereocenters. The summed E-state index contributed by atoms with van der Waals surface area (Å²) >= 11 is 0. The smallest absolute Gasteiger partial charge is 0.308 e. The highest BCUT2D eigenvalue weighted by molar-refractivity contribution is 6.04. The molecule has 1 heterocycles. The van der Waals surface area contributed by atoms with Gasteiger partial charge in [-0.05, 0) is 29.8 Å². The Morgan fingerprint density at radius 2 is 1.86 bits per heavy atom. The number of ether oxygens (including phenoxy) is 2. The summed E-state index contributed by atoms with van der Waals surface area (Å²) in [7, 11) is 1.61.